The van der Waals surface area contributed by atoms with Gasteiger partial charge in [0.05, 0.1) is 19.1 Å². The molecule has 2 aliphatic rings. The SMILES string of the molecule is COc1ccc2c(c1)N1CCN(c3ccc(C)cc3)C[C@H]1[C@@H](C(=O)NCCc1cccs1)C2. The number of anilines is 2. The summed E-state index contributed by atoms with van der Waals surface area (Å²) in [5, 5.41) is 5.32. The predicted octanol–water partition coefficient (Wildman–Crippen LogP) is 4.29. The predicted molar refractivity (Wildman–Crippen MR) is 136 cm³/mol. The van der Waals surface area contributed by atoms with Crippen molar-refractivity contribution in [1.29, 1.82) is 0 Å². The summed E-state index contributed by atoms with van der Waals surface area (Å²) in [7, 11) is 1.71. The van der Waals surface area contributed by atoms with Gasteiger partial charge in [-0.1, -0.05) is 29.8 Å². The van der Waals surface area contributed by atoms with Gasteiger partial charge in [-0.25, -0.2) is 0 Å². The molecule has 172 valence electrons. The van der Waals surface area contributed by atoms with Crippen LogP contribution in [0.5, 0.6) is 5.75 Å². The zero-order chi connectivity index (χ0) is 22.8. The van der Waals surface area contributed by atoms with Crippen LogP contribution in [-0.4, -0.2) is 45.2 Å². The summed E-state index contributed by atoms with van der Waals surface area (Å²) in [5.41, 5.74) is 4.94. The van der Waals surface area contributed by atoms with E-state index in [9.17, 15) is 4.79 Å². The summed E-state index contributed by atoms with van der Waals surface area (Å²) in [6.07, 6.45) is 1.64. The molecular formula is C27H31N3O2S. The van der Waals surface area contributed by atoms with Crippen molar-refractivity contribution in [3.63, 3.8) is 0 Å². The van der Waals surface area contributed by atoms with E-state index in [0.717, 1.165) is 38.2 Å². The van der Waals surface area contributed by atoms with E-state index in [-0.39, 0.29) is 17.9 Å². The van der Waals surface area contributed by atoms with Crippen molar-refractivity contribution in [2.75, 3.05) is 43.1 Å². The Balaban J connectivity index is 1.38. The van der Waals surface area contributed by atoms with Crippen molar-refractivity contribution in [3.8, 4) is 5.75 Å². The number of thiophene rings is 1. The monoisotopic (exact) mass is 461 g/mol. The number of aryl methyl sites for hydroxylation is 1. The Morgan fingerprint density at radius 2 is 2.00 bits per heavy atom. The minimum Gasteiger partial charge on any atom is -0.497 e. The Hall–Kier alpha value is -2.99. The Kier molecular flexibility index (Phi) is 6.27. The molecule has 0 aliphatic carbocycles. The Bertz CT molecular complexity index is 1100. The molecule has 0 saturated carbocycles. The molecule has 33 heavy (non-hydrogen) atoms. The number of carbonyl (C=O) groups excluding carboxylic acids is 1. The number of amides is 1. The van der Waals surface area contributed by atoms with Crippen LogP contribution in [0.1, 0.15) is 16.0 Å². The van der Waals surface area contributed by atoms with Crippen LogP contribution in [0, 0.1) is 12.8 Å². The topological polar surface area (TPSA) is 44.8 Å². The second kappa shape index (κ2) is 9.48. The number of methoxy groups -OCH3 is 1. The molecule has 6 heteroatoms. The van der Waals surface area contributed by atoms with Gasteiger partial charge in [-0.2, -0.15) is 0 Å². The van der Waals surface area contributed by atoms with E-state index < -0.39 is 0 Å². The first kappa shape index (κ1) is 21.8. The molecule has 2 aliphatic heterocycles. The third-order valence-corrected chi connectivity index (χ3v) is 7.85. The van der Waals surface area contributed by atoms with E-state index in [2.05, 4.69) is 76.0 Å². The zero-order valence-corrected chi connectivity index (χ0v) is 20.1. The van der Waals surface area contributed by atoms with Gasteiger partial charge in [-0.3, -0.25) is 4.79 Å². The molecular weight excluding hydrogens is 430 g/mol. The summed E-state index contributed by atoms with van der Waals surface area (Å²) in [5.74, 6) is 0.948. The van der Waals surface area contributed by atoms with Gasteiger partial charge in [-0.05, 0) is 55.0 Å². The Morgan fingerprint density at radius 1 is 1.15 bits per heavy atom. The molecule has 1 aromatic heterocycles. The highest BCUT2D eigenvalue weighted by Crippen LogP contribution is 2.39. The molecule has 0 radical (unpaired) electrons. The van der Waals surface area contributed by atoms with E-state index in [4.69, 9.17) is 4.74 Å². The Morgan fingerprint density at radius 3 is 2.76 bits per heavy atom. The van der Waals surface area contributed by atoms with E-state index in [1.165, 1.54) is 27.4 Å². The molecule has 1 amide bonds. The Labute approximate surface area is 200 Å². The third kappa shape index (κ3) is 4.58. The molecule has 2 aromatic carbocycles. The van der Waals surface area contributed by atoms with Crippen LogP contribution in [0.25, 0.3) is 0 Å². The number of nitrogens with zero attached hydrogens (tertiary/aromatic N) is 2. The number of rotatable bonds is 6. The lowest BCUT2D eigenvalue weighted by atomic mass is 9.83. The van der Waals surface area contributed by atoms with Gasteiger partial charge in [-0.15, -0.1) is 11.3 Å². The number of nitrogens with one attached hydrogen (secondary N) is 1. The molecule has 0 unspecified atom stereocenters. The highest BCUT2D eigenvalue weighted by atomic mass is 32.1. The minimum absolute atomic E-state index is 0.0810. The molecule has 1 fully saturated rings. The number of ether oxygens (including phenoxy) is 1. The van der Waals surface area contributed by atoms with Gasteiger partial charge in [0.1, 0.15) is 5.75 Å². The fourth-order valence-corrected chi connectivity index (χ4v) is 5.80. The lowest BCUT2D eigenvalue weighted by molar-refractivity contribution is -0.125. The van der Waals surface area contributed by atoms with Crippen LogP contribution in [0.3, 0.4) is 0 Å². The lowest BCUT2D eigenvalue weighted by Crippen LogP contribution is -2.61. The first-order chi connectivity index (χ1) is 16.1. The number of carbonyl (C=O) groups is 1. The van der Waals surface area contributed by atoms with Crippen LogP contribution in [0.2, 0.25) is 0 Å². The quantitative estimate of drug-likeness (QED) is 0.595. The molecule has 2 atom stereocenters. The van der Waals surface area contributed by atoms with E-state index >= 15 is 0 Å². The highest BCUT2D eigenvalue weighted by Gasteiger charge is 2.41. The summed E-state index contributed by atoms with van der Waals surface area (Å²) in [6, 6.07) is 19.3. The van der Waals surface area contributed by atoms with E-state index in [1.54, 1.807) is 18.4 Å². The van der Waals surface area contributed by atoms with Crippen LogP contribution in [0.4, 0.5) is 11.4 Å². The lowest BCUT2D eigenvalue weighted by Gasteiger charge is -2.49. The minimum atomic E-state index is -0.0810. The molecule has 0 spiro atoms. The van der Waals surface area contributed by atoms with Crippen molar-refractivity contribution >= 4 is 28.6 Å². The molecule has 1 N–H and O–H groups in total. The maximum Gasteiger partial charge on any atom is 0.225 e. The molecule has 5 nitrogen and oxygen atoms in total. The largest absolute Gasteiger partial charge is 0.497 e. The van der Waals surface area contributed by atoms with Gasteiger partial charge >= 0.3 is 0 Å². The molecule has 5 rings (SSSR count). The smallest absolute Gasteiger partial charge is 0.225 e. The maximum atomic E-state index is 13.4. The van der Waals surface area contributed by atoms with E-state index in [1.807, 2.05) is 6.07 Å². The zero-order valence-electron chi connectivity index (χ0n) is 19.3. The maximum absolute atomic E-state index is 13.4. The summed E-state index contributed by atoms with van der Waals surface area (Å²) in [4.78, 5) is 19.6. The number of hydrogen-bond donors (Lipinski definition) is 1. The fraction of sp³-hybridized carbons (Fsp3) is 0.370. The van der Waals surface area contributed by atoms with Crippen LogP contribution in [0.15, 0.2) is 60.0 Å². The van der Waals surface area contributed by atoms with Crippen molar-refractivity contribution in [1.82, 2.24) is 5.32 Å². The summed E-state index contributed by atoms with van der Waals surface area (Å²) in [6.45, 7) is 5.45. The van der Waals surface area contributed by atoms with Crippen molar-refractivity contribution in [2.45, 2.75) is 25.8 Å². The van der Waals surface area contributed by atoms with Crippen LogP contribution >= 0.6 is 11.3 Å². The molecule has 1 saturated heterocycles. The molecule has 3 aromatic rings. The fourth-order valence-electron chi connectivity index (χ4n) is 5.09. The van der Waals surface area contributed by atoms with E-state index in [0.29, 0.717) is 6.54 Å². The normalized spacial score (nSPS) is 19.6. The third-order valence-electron chi connectivity index (χ3n) is 6.91. The average Bonchev–Trinajstić information content (AvgIpc) is 3.37. The van der Waals surface area contributed by atoms with Crippen LogP contribution < -0.4 is 19.9 Å². The molecule has 3 heterocycles. The second-order valence-corrected chi connectivity index (χ2v) is 10.0. The van der Waals surface area contributed by atoms with Gasteiger partial charge in [0, 0.05) is 48.5 Å². The standard InChI is InChI=1S/C27H31N3O2S/c1-19-5-8-21(9-6-19)29-13-14-30-25-17-22(32-2)10-7-20(25)16-24(26(30)18-29)27(31)28-12-11-23-4-3-15-33-23/h3-10,15,17,24,26H,11-14,16,18H2,1-2H3,(H,28,31)/t24-,26-/m0/s1. The number of fused-ring (bicyclic) bond motifs is 3. The summed E-state index contributed by atoms with van der Waals surface area (Å²) < 4.78 is 5.51. The van der Waals surface area contributed by atoms with Gasteiger partial charge < -0.3 is 19.9 Å². The number of piperazine rings is 1. The van der Waals surface area contributed by atoms with Crippen molar-refractivity contribution in [2.24, 2.45) is 5.92 Å². The highest BCUT2D eigenvalue weighted by molar-refractivity contribution is 7.09. The van der Waals surface area contributed by atoms with Crippen LogP contribution in [-0.2, 0) is 17.6 Å². The van der Waals surface area contributed by atoms with Crippen molar-refractivity contribution < 1.29 is 9.53 Å². The second-order valence-electron chi connectivity index (χ2n) is 8.97. The first-order valence-electron chi connectivity index (χ1n) is 11.7. The van der Waals surface area contributed by atoms with Crippen molar-refractivity contribution in [3.05, 3.63) is 76.0 Å². The van der Waals surface area contributed by atoms with Gasteiger partial charge in [0.2, 0.25) is 5.91 Å². The van der Waals surface area contributed by atoms with Gasteiger partial charge in [0.15, 0.2) is 0 Å². The first-order valence-corrected chi connectivity index (χ1v) is 12.6. The number of hydrogen-bond acceptors (Lipinski definition) is 5. The molecule has 0 bridgehead atoms. The van der Waals surface area contributed by atoms with Gasteiger partial charge in [0.25, 0.3) is 0 Å². The summed E-state index contributed by atoms with van der Waals surface area (Å²) >= 11 is 1.74. The average molecular weight is 462 g/mol. The number of benzene rings is 2.